The second kappa shape index (κ2) is 4.52. The van der Waals surface area contributed by atoms with E-state index in [1.54, 1.807) is 0 Å². The Bertz CT molecular complexity index is 309. The minimum absolute atomic E-state index is 0.138. The molecule has 0 atom stereocenters. The third kappa shape index (κ3) is 2.41. The van der Waals surface area contributed by atoms with Gasteiger partial charge in [-0.15, -0.1) is 6.58 Å². The Morgan fingerprint density at radius 1 is 1.07 bits per heavy atom. The SMILES string of the molecule is C=CC1(Nc2ccccc2)CCCCC1. The Morgan fingerprint density at radius 2 is 1.73 bits per heavy atom. The van der Waals surface area contributed by atoms with Crippen LogP contribution >= 0.6 is 0 Å². The first kappa shape index (κ1) is 10.3. The van der Waals surface area contributed by atoms with E-state index in [1.165, 1.54) is 37.8 Å². The van der Waals surface area contributed by atoms with Crippen LogP contribution in [0, 0.1) is 0 Å². The van der Waals surface area contributed by atoms with Crippen molar-refractivity contribution in [3.8, 4) is 0 Å². The van der Waals surface area contributed by atoms with Gasteiger partial charge in [0.05, 0.1) is 5.54 Å². The standard InChI is InChI=1S/C14H19N/c1-2-14(11-7-4-8-12-14)15-13-9-5-3-6-10-13/h2-3,5-6,9-10,15H,1,4,7-8,11-12H2. The number of hydrogen-bond acceptors (Lipinski definition) is 1. The molecule has 15 heavy (non-hydrogen) atoms. The molecule has 0 saturated heterocycles. The molecule has 1 aromatic carbocycles. The molecule has 1 fully saturated rings. The molecular weight excluding hydrogens is 182 g/mol. The van der Waals surface area contributed by atoms with Gasteiger partial charge in [0.1, 0.15) is 0 Å². The summed E-state index contributed by atoms with van der Waals surface area (Å²) in [5.41, 5.74) is 1.35. The van der Waals surface area contributed by atoms with Crippen molar-refractivity contribution >= 4 is 5.69 Å². The van der Waals surface area contributed by atoms with Gasteiger partial charge in [0.15, 0.2) is 0 Å². The van der Waals surface area contributed by atoms with Gasteiger partial charge in [-0.2, -0.15) is 0 Å². The molecule has 0 amide bonds. The topological polar surface area (TPSA) is 12.0 Å². The minimum Gasteiger partial charge on any atom is -0.376 e. The molecular formula is C14H19N. The Labute approximate surface area is 92.2 Å². The van der Waals surface area contributed by atoms with Crippen molar-refractivity contribution in [3.63, 3.8) is 0 Å². The number of hydrogen-bond donors (Lipinski definition) is 1. The van der Waals surface area contributed by atoms with Crippen molar-refractivity contribution in [2.24, 2.45) is 0 Å². The van der Waals surface area contributed by atoms with Gasteiger partial charge in [-0.3, -0.25) is 0 Å². The number of para-hydroxylation sites is 1. The highest BCUT2D eigenvalue weighted by molar-refractivity contribution is 5.46. The third-order valence-corrected chi connectivity index (χ3v) is 3.30. The molecule has 1 aliphatic rings. The molecule has 0 aliphatic heterocycles. The number of rotatable bonds is 3. The molecule has 1 N–H and O–H groups in total. The van der Waals surface area contributed by atoms with Crippen LogP contribution in [0.2, 0.25) is 0 Å². The lowest BCUT2D eigenvalue weighted by Crippen LogP contribution is -2.37. The van der Waals surface area contributed by atoms with E-state index >= 15 is 0 Å². The highest BCUT2D eigenvalue weighted by Gasteiger charge is 2.28. The zero-order valence-electron chi connectivity index (χ0n) is 9.21. The van der Waals surface area contributed by atoms with E-state index in [4.69, 9.17) is 0 Å². The Morgan fingerprint density at radius 3 is 2.33 bits per heavy atom. The lowest BCUT2D eigenvalue weighted by molar-refractivity contribution is 0.385. The molecule has 80 valence electrons. The maximum atomic E-state index is 3.99. The summed E-state index contributed by atoms with van der Waals surface area (Å²) in [6.07, 6.45) is 8.51. The second-order valence-electron chi connectivity index (χ2n) is 4.41. The van der Waals surface area contributed by atoms with Crippen LogP contribution in [0.15, 0.2) is 43.0 Å². The molecule has 0 bridgehead atoms. The van der Waals surface area contributed by atoms with Crippen LogP contribution in [0.4, 0.5) is 5.69 Å². The average molecular weight is 201 g/mol. The maximum absolute atomic E-state index is 3.99. The molecule has 1 aromatic rings. The van der Waals surface area contributed by atoms with Crippen molar-refractivity contribution in [2.45, 2.75) is 37.6 Å². The van der Waals surface area contributed by atoms with Gasteiger partial charge in [-0.1, -0.05) is 43.5 Å². The van der Waals surface area contributed by atoms with E-state index < -0.39 is 0 Å². The van der Waals surface area contributed by atoms with E-state index in [0.29, 0.717) is 0 Å². The number of anilines is 1. The highest BCUT2D eigenvalue weighted by atomic mass is 15.0. The summed E-state index contributed by atoms with van der Waals surface area (Å²) < 4.78 is 0. The van der Waals surface area contributed by atoms with Crippen LogP contribution < -0.4 is 5.32 Å². The van der Waals surface area contributed by atoms with Crippen molar-refractivity contribution in [1.29, 1.82) is 0 Å². The molecule has 0 aromatic heterocycles. The Kier molecular flexibility index (Phi) is 3.10. The van der Waals surface area contributed by atoms with Gasteiger partial charge >= 0.3 is 0 Å². The average Bonchev–Trinajstić information content (AvgIpc) is 2.32. The monoisotopic (exact) mass is 201 g/mol. The quantitative estimate of drug-likeness (QED) is 0.729. The normalized spacial score (nSPS) is 19.5. The lowest BCUT2D eigenvalue weighted by atomic mass is 9.81. The van der Waals surface area contributed by atoms with Gasteiger partial charge in [0.25, 0.3) is 0 Å². The summed E-state index contributed by atoms with van der Waals surface area (Å²) in [5.74, 6) is 0. The lowest BCUT2D eigenvalue weighted by Gasteiger charge is -2.36. The van der Waals surface area contributed by atoms with Gasteiger partial charge in [0.2, 0.25) is 0 Å². The van der Waals surface area contributed by atoms with Crippen molar-refractivity contribution in [1.82, 2.24) is 0 Å². The largest absolute Gasteiger partial charge is 0.376 e. The fourth-order valence-corrected chi connectivity index (χ4v) is 2.37. The summed E-state index contributed by atoms with van der Waals surface area (Å²) in [4.78, 5) is 0. The molecule has 1 heteroatoms. The smallest absolute Gasteiger partial charge is 0.0553 e. The fourth-order valence-electron chi connectivity index (χ4n) is 2.37. The molecule has 1 aliphatic carbocycles. The summed E-state index contributed by atoms with van der Waals surface area (Å²) in [6.45, 7) is 3.99. The predicted octanol–water partition coefficient (Wildman–Crippen LogP) is 3.99. The molecule has 0 heterocycles. The van der Waals surface area contributed by atoms with Crippen LogP contribution in [0.5, 0.6) is 0 Å². The minimum atomic E-state index is 0.138. The van der Waals surface area contributed by atoms with Crippen molar-refractivity contribution in [3.05, 3.63) is 43.0 Å². The third-order valence-electron chi connectivity index (χ3n) is 3.30. The predicted molar refractivity (Wildman–Crippen MR) is 66.1 cm³/mol. The molecule has 1 saturated carbocycles. The maximum Gasteiger partial charge on any atom is 0.0553 e. The molecule has 1 nitrogen and oxygen atoms in total. The first-order valence-electron chi connectivity index (χ1n) is 5.81. The van der Waals surface area contributed by atoms with Gasteiger partial charge < -0.3 is 5.32 Å². The fraction of sp³-hybridized carbons (Fsp3) is 0.429. The van der Waals surface area contributed by atoms with E-state index in [2.05, 4.69) is 42.2 Å². The summed E-state index contributed by atoms with van der Waals surface area (Å²) in [5, 5.41) is 3.63. The highest BCUT2D eigenvalue weighted by Crippen LogP contribution is 2.32. The summed E-state index contributed by atoms with van der Waals surface area (Å²) in [6, 6.07) is 10.4. The summed E-state index contributed by atoms with van der Waals surface area (Å²) in [7, 11) is 0. The van der Waals surface area contributed by atoms with E-state index in [-0.39, 0.29) is 5.54 Å². The summed E-state index contributed by atoms with van der Waals surface area (Å²) >= 11 is 0. The molecule has 0 unspecified atom stereocenters. The van der Waals surface area contributed by atoms with Gasteiger partial charge in [-0.25, -0.2) is 0 Å². The second-order valence-corrected chi connectivity index (χ2v) is 4.41. The first-order valence-corrected chi connectivity index (χ1v) is 5.81. The zero-order chi connectivity index (χ0) is 10.6. The number of nitrogens with one attached hydrogen (secondary N) is 1. The van der Waals surface area contributed by atoms with Crippen molar-refractivity contribution < 1.29 is 0 Å². The van der Waals surface area contributed by atoms with E-state index in [1.807, 2.05) is 6.07 Å². The Balaban J connectivity index is 2.10. The van der Waals surface area contributed by atoms with Crippen LogP contribution in [-0.2, 0) is 0 Å². The van der Waals surface area contributed by atoms with Crippen LogP contribution in [-0.4, -0.2) is 5.54 Å². The molecule has 0 spiro atoms. The van der Waals surface area contributed by atoms with E-state index in [9.17, 15) is 0 Å². The van der Waals surface area contributed by atoms with Crippen LogP contribution in [0.25, 0.3) is 0 Å². The Hall–Kier alpha value is -1.24. The van der Waals surface area contributed by atoms with Crippen molar-refractivity contribution in [2.75, 3.05) is 5.32 Å². The van der Waals surface area contributed by atoms with E-state index in [0.717, 1.165) is 0 Å². The van der Waals surface area contributed by atoms with Crippen LogP contribution in [0.3, 0.4) is 0 Å². The number of benzene rings is 1. The van der Waals surface area contributed by atoms with Crippen LogP contribution in [0.1, 0.15) is 32.1 Å². The molecule has 2 rings (SSSR count). The van der Waals surface area contributed by atoms with Gasteiger partial charge in [0, 0.05) is 5.69 Å². The zero-order valence-corrected chi connectivity index (χ0v) is 9.21. The van der Waals surface area contributed by atoms with Gasteiger partial charge in [-0.05, 0) is 25.0 Å². The molecule has 0 radical (unpaired) electrons. The first-order chi connectivity index (χ1) is 7.35.